The highest BCUT2D eigenvalue weighted by Gasteiger charge is 2.32. The number of nitrogens with zero attached hydrogens (tertiary/aromatic N) is 3. The van der Waals surface area contributed by atoms with Crippen molar-refractivity contribution in [3.8, 4) is 11.3 Å². The Morgan fingerprint density at radius 2 is 1.84 bits per heavy atom. The Morgan fingerprint density at radius 3 is 2.42 bits per heavy atom. The van der Waals surface area contributed by atoms with Gasteiger partial charge in [-0.15, -0.1) is 0 Å². The lowest BCUT2D eigenvalue weighted by molar-refractivity contribution is 0.101. The number of sulfonamides is 1. The number of carbonyl (C=O) groups is 1. The second-order valence-corrected chi connectivity index (χ2v) is 9.56. The van der Waals surface area contributed by atoms with Gasteiger partial charge in [0.25, 0.3) is 5.56 Å². The van der Waals surface area contributed by atoms with Crippen molar-refractivity contribution < 1.29 is 17.7 Å². The van der Waals surface area contributed by atoms with Crippen molar-refractivity contribution in [3.05, 3.63) is 63.7 Å². The minimum absolute atomic E-state index is 0.0382. The predicted octanol–water partition coefficient (Wildman–Crippen LogP) is 2.50. The minimum Gasteiger partial charge on any atom is -0.356 e. The van der Waals surface area contributed by atoms with Crippen LogP contribution in [0.4, 0.5) is 0 Å². The van der Waals surface area contributed by atoms with Crippen LogP contribution in [0.2, 0.25) is 0 Å². The van der Waals surface area contributed by atoms with Gasteiger partial charge >= 0.3 is 0 Å². The third-order valence-corrected chi connectivity index (χ3v) is 7.38. The molecule has 3 aromatic rings. The molecule has 0 bridgehead atoms. The Kier molecular flexibility index (Phi) is 5.59. The molecule has 0 amide bonds. The molecule has 1 aromatic carbocycles. The van der Waals surface area contributed by atoms with Gasteiger partial charge in [-0.3, -0.25) is 9.59 Å². The Morgan fingerprint density at radius 1 is 1.16 bits per heavy atom. The molecule has 3 heterocycles. The standard InChI is InChI=1S/C21H22N4O5S/c1-13-11-19(30-24-13)18-12-20(27)22-23-21(18)16-7-9-25(10-8-16)31(28,29)17-5-3-15(4-6-17)14(2)26/h3-6,11-12,16H,7-10H2,1-2H3,(H,22,27). The molecule has 9 nitrogen and oxygen atoms in total. The molecular formula is C21H22N4O5S. The minimum atomic E-state index is -3.66. The van der Waals surface area contributed by atoms with E-state index in [1.54, 1.807) is 13.0 Å². The third kappa shape index (κ3) is 4.21. The summed E-state index contributed by atoms with van der Waals surface area (Å²) in [6.07, 6.45) is 1.09. The van der Waals surface area contributed by atoms with E-state index in [1.165, 1.54) is 41.6 Å². The Labute approximate surface area is 179 Å². The molecule has 0 radical (unpaired) electrons. The van der Waals surface area contributed by atoms with E-state index in [2.05, 4.69) is 15.4 Å². The number of piperidine rings is 1. The van der Waals surface area contributed by atoms with Crippen LogP contribution in [-0.2, 0) is 10.0 Å². The van der Waals surface area contributed by atoms with Gasteiger partial charge in [-0.1, -0.05) is 17.3 Å². The van der Waals surface area contributed by atoms with E-state index in [-0.39, 0.29) is 22.2 Å². The Bertz CT molecular complexity index is 1270. The lowest BCUT2D eigenvalue weighted by Crippen LogP contribution is -2.38. The predicted molar refractivity (Wildman–Crippen MR) is 112 cm³/mol. The molecule has 1 aliphatic heterocycles. The van der Waals surface area contributed by atoms with E-state index in [0.29, 0.717) is 54.2 Å². The van der Waals surface area contributed by atoms with Gasteiger partial charge in [0, 0.05) is 42.3 Å². The second kappa shape index (κ2) is 8.20. The number of aryl methyl sites for hydroxylation is 1. The first-order valence-corrected chi connectivity index (χ1v) is 11.3. The second-order valence-electron chi connectivity index (χ2n) is 7.62. The lowest BCUT2D eigenvalue weighted by Gasteiger charge is -2.31. The first kappa shape index (κ1) is 21.1. The summed E-state index contributed by atoms with van der Waals surface area (Å²) in [6, 6.07) is 9.15. The van der Waals surface area contributed by atoms with Crippen LogP contribution in [0.25, 0.3) is 11.3 Å². The van der Waals surface area contributed by atoms with Gasteiger partial charge in [-0.25, -0.2) is 13.5 Å². The summed E-state index contributed by atoms with van der Waals surface area (Å²) in [7, 11) is -3.66. The fourth-order valence-electron chi connectivity index (χ4n) is 3.79. The highest BCUT2D eigenvalue weighted by Crippen LogP contribution is 2.34. The summed E-state index contributed by atoms with van der Waals surface area (Å²) in [6.45, 7) is 3.86. The Balaban J connectivity index is 1.54. The number of aromatic nitrogens is 3. The van der Waals surface area contributed by atoms with Crippen LogP contribution in [0, 0.1) is 6.92 Å². The average molecular weight is 442 g/mol. The van der Waals surface area contributed by atoms with Gasteiger partial charge in [0.1, 0.15) is 0 Å². The van der Waals surface area contributed by atoms with E-state index in [0.717, 1.165) is 0 Å². The molecule has 4 rings (SSSR count). The molecule has 1 aliphatic rings. The zero-order valence-electron chi connectivity index (χ0n) is 17.2. The molecular weight excluding hydrogens is 420 g/mol. The molecule has 1 fully saturated rings. The number of nitrogens with one attached hydrogen (secondary N) is 1. The molecule has 1 N–H and O–H groups in total. The maximum atomic E-state index is 13.0. The third-order valence-electron chi connectivity index (χ3n) is 5.47. The summed E-state index contributed by atoms with van der Waals surface area (Å²) in [5, 5.41) is 10.6. The number of hydrogen-bond acceptors (Lipinski definition) is 7. The molecule has 0 unspecified atom stereocenters. The van der Waals surface area contributed by atoms with Crippen molar-refractivity contribution in [2.24, 2.45) is 0 Å². The van der Waals surface area contributed by atoms with Crippen molar-refractivity contribution >= 4 is 15.8 Å². The van der Waals surface area contributed by atoms with Gasteiger partial charge in [-0.05, 0) is 38.8 Å². The highest BCUT2D eigenvalue weighted by atomic mass is 32.2. The van der Waals surface area contributed by atoms with Gasteiger partial charge in [0.05, 0.1) is 16.3 Å². The summed E-state index contributed by atoms with van der Waals surface area (Å²) in [4.78, 5) is 23.4. The maximum Gasteiger partial charge on any atom is 0.264 e. The van der Waals surface area contributed by atoms with Gasteiger partial charge in [0.15, 0.2) is 11.5 Å². The number of aromatic amines is 1. The van der Waals surface area contributed by atoms with E-state index in [4.69, 9.17) is 4.52 Å². The normalized spacial score (nSPS) is 15.8. The molecule has 0 atom stereocenters. The first-order chi connectivity index (χ1) is 14.8. The first-order valence-electron chi connectivity index (χ1n) is 9.90. The lowest BCUT2D eigenvalue weighted by atomic mass is 9.91. The van der Waals surface area contributed by atoms with Crippen LogP contribution in [0.1, 0.15) is 47.4 Å². The molecule has 0 saturated carbocycles. The zero-order valence-corrected chi connectivity index (χ0v) is 18.0. The topological polar surface area (TPSA) is 126 Å². The number of ketones is 1. The van der Waals surface area contributed by atoms with Crippen molar-refractivity contribution in [3.63, 3.8) is 0 Å². The molecule has 2 aromatic heterocycles. The quantitative estimate of drug-likeness (QED) is 0.602. The van der Waals surface area contributed by atoms with Crippen LogP contribution in [0.3, 0.4) is 0 Å². The fourth-order valence-corrected chi connectivity index (χ4v) is 5.26. The van der Waals surface area contributed by atoms with Gasteiger partial charge in [0.2, 0.25) is 10.0 Å². The highest BCUT2D eigenvalue weighted by molar-refractivity contribution is 7.89. The van der Waals surface area contributed by atoms with Crippen molar-refractivity contribution in [1.82, 2.24) is 19.7 Å². The van der Waals surface area contributed by atoms with Gasteiger partial charge < -0.3 is 4.52 Å². The summed E-state index contributed by atoms with van der Waals surface area (Å²) in [5.74, 6) is 0.312. The number of benzene rings is 1. The molecule has 31 heavy (non-hydrogen) atoms. The number of Topliss-reactive ketones (excluding diaryl/α,β-unsaturated/α-hetero) is 1. The average Bonchev–Trinajstić information content (AvgIpc) is 3.20. The van der Waals surface area contributed by atoms with Crippen molar-refractivity contribution in [1.29, 1.82) is 0 Å². The van der Waals surface area contributed by atoms with Crippen LogP contribution in [0.5, 0.6) is 0 Å². The SMILES string of the molecule is CC(=O)c1ccc(S(=O)(=O)N2CCC(c3n[nH]c(=O)cc3-c3cc(C)no3)CC2)cc1. The van der Waals surface area contributed by atoms with Gasteiger partial charge in [-0.2, -0.15) is 9.40 Å². The van der Waals surface area contributed by atoms with Crippen LogP contribution >= 0.6 is 0 Å². The van der Waals surface area contributed by atoms with E-state index < -0.39 is 10.0 Å². The van der Waals surface area contributed by atoms with Crippen molar-refractivity contribution in [2.45, 2.75) is 37.5 Å². The number of carbonyl (C=O) groups excluding carboxylic acids is 1. The molecule has 0 aliphatic carbocycles. The molecule has 1 saturated heterocycles. The van der Waals surface area contributed by atoms with E-state index >= 15 is 0 Å². The maximum absolute atomic E-state index is 13.0. The summed E-state index contributed by atoms with van der Waals surface area (Å²) >= 11 is 0. The molecule has 10 heteroatoms. The summed E-state index contributed by atoms with van der Waals surface area (Å²) in [5.41, 5.74) is 2.06. The van der Waals surface area contributed by atoms with Crippen molar-refractivity contribution in [2.75, 3.05) is 13.1 Å². The van der Waals surface area contributed by atoms with E-state index in [9.17, 15) is 18.0 Å². The molecule has 0 spiro atoms. The number of rotatable bonds is 5. The monoisotopic (exact) mass is 442 g/mol. The van der Waals surface area contributed by atoms with E-state index in [1.807, 2.05) is 0 Å². The summed E-state index contributed by atoms with van der Waals surface area (Å²) < 4.78 is 32.8. The number of H-pyrrole nitrogens is 1. The van der Waals surface area contributed by atoms with Crippen LogP contribution in [-0.4, -0.2) is 46.9 Å². The molecule has 162 valence electrons. The smallest absolute Gasteiger partial charge is 0.264 e. The zero-order chi connectivity index (χ0) is 22.2. The number of hydrogen-bond donors (Lipinski definition) is 1. The van der Waals surface area contributed by atoms with Crippen LogP contribution in [0.15, 0.2) is 50.6 Å². The fraction of sp³-hybridized carbons (Fsp3) is 0.333. The Hall–Kier alpha value is -3.11. The largest absolute Gasteiger partial charge is 0.356 e. The van der Waals surface area contributed by atoms with Crippen LogP contribution < -0.4 is 5.56 Å².